The molecule has 0 aliphatic carbocycles. The van der Waals surface area contributed by atoms with Gasteiger partial charge in [0.2, 0.25) is 0 Å². The second kappa shape index (κ2) is 5.83. The van der Waals surface area contributed by atoms with Gasteiger partial charge in [0, 0.05) is 18.7 Å². The average Bonchev–Trinajstić information content (AvgIpc) is 3.18. The Balaban J connectivity index is 1.82. The fourth-order valence-electron chi connectivity index (χ4n) is 2.84. The lowest BCUT2D eigenvalue weighted by atomic mass is 9.90. The minimum atomic E-state index is -0.865. The number of aromatic nitrogens is 3. The van der Waals surface area contributed by atoms with Crippen LogP contribution in [0.2, 0.25) is 0 Å². The second-order valence-corrected chi connectivity index (χ2v) is 6.09. The molecule has 1 fully saturated rings. The van der Waals surface area contributed by atoms with Crippen molar-refractivity contribution in [2.24, 2.45) is 5.41 Å². The number of likely N-dealkylation sites (tertiary alicyclic amines) is 1. The summed E-state index contributed by atoms with van der Waals surface area (Å²) in [6.07, 6.45) is 3.52. The van der Waals surface area contributed by atoms with Crippen LogP contribution in [0, 0.1) is 5.41 Å². The number of carbonyl (C=O) groups excluding carboxylic acids is 1. The third kappa shape index (κ3) is 2.94. The maximum atomic E-state index is 12.8. The predicted molar refractivity (Wildman–Crippen MR) is 81.8 cm³/mol. The molecule has 3 rings (SSSR count). The average molecular weight is 314 g/mol. The highest BCUT2D eigenvalue weighted by Crippen LogP contribution is 2.31. The van der Waals surface area contributed by atoms with Gasteiger partial charge in [0.15, 0.2) is 0 Å². The Morgan fingerprint density at radius 3 is 2.78 bits per heavy atom. The van der Waals surface area contributed by atoms with E-state index in [0.29, 0.717) is 25.1 Å². The number of nitrogens with zero attached hydrogens (tertiary/aromatic N) is 4. The summed E-state index contributed by atoms with van der Waals surface area (Å²) < 4.78 is 1.65. The minimum absolute atomic E-state index is 0.134. The van der Waals surface area contributed by atoms with E-state index in [-0.39, 0.29) is 12.5 Å². The minimum Gasteiger partial charge on any atom is -0.481 e. The summed E-state index contributed by atoms with van der Waals surface area (Å²) in [6.45, 7) is 2.83. The molecule has 0 radical (unpaired) electrons. The van der Waals surface area contributed by atoms with Crippen LogP contribution < -0.4 is 0 Å². The van der Waals surface area contributed by atoms with Gasteiger partial charge in [-0.05, 0) is 25.0 Å². The zero-order valence-electron chi connectivity index (χ0n) is 12.8. The third-order valence-corrected chi connectivity index (χ3v) is 4.32. The molecular weight excluding hydrogens is 296 g/mol. The largest absolute Gasteiger partial charge is 0.481 e. The first kappa shape index (κ1) is 15.2. The van der Waals surface area contributed by atoms with Crippen LogP contribution in [0.5, 0.6) is 0 Å². The van der Waals surface area contributed by atoms with Gasteiger partial charge in [-0.3, -0.25) is 9.59 Å². The number of rotatable bonds is 4. The Morgan fingerprint density at radius 2 is 2.13 bits per heavy atom. The van der Waals surface area contributed by atoms with E-state index in [1.807, 2.05) is 18.2 Å². The second-order valence-electron chi connectivity index (χ2n) is 6.09. The number of carboxylic acids is 1. The lowest BCUT2D eigenvalue weighted by molar-refractivity contribution is -0.147. The van der Waals surface area contributed by atoms with Gasteiger partial charge in [0.25, 0.3) is 5.91 Å². The number of hydrogen-bond donors (Lipinski definition) is 1. The van der Waals surface area contributed by atoms with Gasteiger partial charge >= 0.3 is 5.97 Å². The summed E-state index contributed by atoms with van der Waals surface area (Å²) in [6, 6.07) is 7.32. The van der Waals surface area contributed by atoms with E-state index in [9.17, 15) is 14.7 Å². The number of aliphatic carboxylic acids is 1. The number of benzene rings is 1. The van der Waals surface area contributed by atoms with Gasteiger partial charge in [0.1, 0.15) is 12.7 Å². The first-order valence-electron chi connectivity index (χ1n) is 7.42. The molecule has 0 spiro atoms. The van der Waals surface area contributed by atoms with Gasteiger partial charge < -0.3 is 10.0 Å². The van der Waals surface area contributed by atoms with Crippen LogP contribution in [0.1, 0.15) is 29.3 Å². The number of carboxylic acid groups (broad SMARTS) is 1. The van der Waals surface area contributed by atoms with Crippen LogP contribution in [-0.2, 0) is 11.3 Å². The third-order valence-electron chi connectivity index (χ3n) is 4.32. The van der Waals surface area contributed by atoms with Crippen molar-refractivity contribution >= 4 is 11.9 Å². The normalized spacial score (nSPS) is 20.7. The van der Waals surface area contributed by atoms with Crippen molar-refractivity contribution in [3.8, 4) is 0 Å². The Labute approximate surface area is 133 Å². The molecule has 2 heterocycles. The molecule has 0 saturated carbocycles. The first-order chi connectivity index (χ1) is 11.0. The SMILES string of the molecule is CC1(C(=O)O)CCN(C(=O)c2ccccc2Cn2cncn2)C1. The van der Waals surface area contributed by atoms with Gasteiger partial charge in [-0.25, -0.2) is 9.67 Å². The van der Waals surface area contributed by atoms with Crippen molar-refractivity contribution in [2.45, 2.75) is 19.9 Å². The van der Waals surface area contributed by atoms with Crippen LogP contribution in [0.3, 0.4) is 0 Å². The van der Waals surface area contributed by atoms with E-state index in [4.69, 9.17) is 0 Å². The van der Waals surface area contributed by atoms with Crippen LogP contribution in [0.15, 0.2) is 36.9 Å². The molecule has 1 aliphatic heterocycles. The zero-order chi connectivity index (χ0) is 16.4. The topological polar surface area (TPSA) is 88.3 Å². The lowest BCUT2D eigenvalue weighted by Crippen LogP contribution is -2.35. The molecule has 1 atom stereocenters. The van der Waals surface area contributed by atoms with Crippen LogP contribution in [0.4, 0.5) is 0 Å². The molecule has 1 N–H and O–H groups in total. The fraction of sp³-hybridized carbons (Fsp3) is 0.375. The van der Waals surface area contributed by atoms with Crippen molar-refractivity contribution in [1.82, 2.24) is 19.7 Å². The van der Waals surface area contributed by atoms with Crippen molar-refractivity contribution < 1.29 is 14.7 Å². The Kier molecular flexibility index (Phi) is 3.85. The smallest absolute Gasteiger partial charge is 0.311 e. The summed E-state index contributed by atoms with van der Waals surface area (Å²) >= 11 is 0. The van der Waals surface area contributed by atoms with Gasteiger partial charge in [0.05, 0.1) is 12.0 Å². The van der Waals surface area contributed by atoms with Crippen molar-refractivity contribution in [3.63, 3.8) is 0 Å². The van der Waals surface area contributed by atoms with Crippen molar-refractivity contribution in [1.29, 1.82) is 0 Å². The maximum absolute atomic E-state index is 12.8. The molecular formula is C16H18N4O3. The molecule has 1 aromatic carbocycles. The van der Waals surface area contributed by atoms with Crippen molar-refractivity contribution in [2.75, 3.05) is 13.1 Å². The molecule has 2 aromatic rings. The maximum Gasteiger partial charge on any atom is 0.311 e. The quantitative estimate of drug-likeness (QED) is 0.918. The van der Waals surface area contributed by atoms with Gasteiger partial charge in [-0.15, -0.1) is 0 Å². The van der Waals surface area contributed by atoms with E-state index in [1.165, 1.54) is 6.33 Å². The molecule has 0 bridgehead atoms. The van der Waals surface area contributed by atoms with E-state index < -0.39 is 11.4 Å². The first-order valence-corrected chi connectivity index (χ1v) is 7.42. The number of carbonyl (C=O) groups is 2. The molecule has 1 unspecified atom stereocenters. The standard InChI is InChI=1S/C16H18N4O3/c1-16(15(22)23)6-7-19(9-16)14(21)13-5-3-2-4-12(13)8-20-11-17-10-18-20/h2-5,10-11H,6-9H2,1H3,(H,22,23). The summed E-state index contributed by atoms with van der Waals surface area (Å²) in [7, 11) is 0. The number of amides is 1. The van der Waals surface area contributed by atoms with Crippen molar-refractivity contribution in [3.05, 3.63) is 48.0 Å². The van der Waals surface area contributed by atoms with E-state index in [1.54, 1.807) is 28.9 Å². The monoisotopic (exact) mass is 314 g/mol. The van der Waals surface area contributed by atoms with E-state index in [0.717, 1.165) is 5.56 Å². The highest BCUT2D eigenvalue weighted by molar-refractivity contribution is 5.96. The number of hydrogen-bond acceptors (Lipinski definition) is 4. The molecule has 23 heavy (non-hydrogen) atoms. The molecule has 1 saturated heterocycles. The molecule has 1 amide bonds. The highest BCUT2D eigenvalue weighted by Gasteiger charge is 2.42. The van der Waals surface area contributed by atoms with E-state index >= 15 is 0 Å². The van der Waals surface area contributed by atoms with Crippen LogP contribution >= 0.6 is 0 Å². The highest BCUT2D eigenvalue weighted by atomic mass is 16.4. The van der Waals surface area contributed by atoms with Gasteiger partial charge in [-0.2, -0.15) is 5.10 Å². The molecule has 1 aliphatic rings. The summed E-state index contributed by atoms with van der Waals surface area (Å²) in [5.41, 5.74) is 0.556. The predicted octanol–water partition coefficient (Wildman–Crippen LogP) is 1.26. The summed E-state index contributed by atoms with van der Waals surface area (Å²) in [5, 5.41) is 13.4. The van der Waals surface area contributed by atoms with E-state index in [2.05, 4.69) is 10.1 Å². The Morgan fingerprint density at radius 1 is 1.35 bits per heavy atom. The summed E-state index contributed by atoms with van der Waals surface area (Å²) in [4.78, 5) is 29.7. The zero-order valence-corrected chi connectivity index (χ0v) is 12.8. The van der Waals surface area contributed by atoms with Gasteiger partial charge in [-0.1, -0.05) is 18.2 Å². The summed E-state index contributed by atoms with van der Waals surface area (Å²) in [5.74, 6) is -0.991. The molecule has 1 aromatic heterocycles. The molecule has 7 heteroatoms. The molecule has 7 nitrogen and oxygen atoms in total. The Bertz CT molecular complexity index is 729. The Hall–Kier alpha value is -2.70. The fourth-order valence-corrected chi connectivity index (χ4v) is 2.84. The lowest BCUT2D eigenvalue weighted by Gasteiger charge is -2.21. The van der Waals surface area contributed by atoms with Crippen LogP contribution in [-0.4, -0.2) is 49.7 Å². The van der Waals surface area contributed by atoms with Crippen LogP contribution in [0.25, 0.3) is 0 Å². The molecule has 120 valence electrons.